The van der Waals surface area contributed by atoms with Crippen molar-refractivity contribution in [2.24, 2.45) is 17.8 Å². The average molecular weight is 568 g/mol. The number of nitrogens with zero attached hydrogens (tertiary/aromatic N) is 1. The Morgan fingerprint density at radius 3 is 2.38 bits per heavy atom. The van der Waals surface area contributed by atoms with E-state index >= 15 is 0 Å². The molecule has 4 amide bonds. The Morgan fingerprint density at radius 1 is 0.850 bits per heavy atom. The molecular weight excluding hydrogens is 522 g/mol. The fraction of sp³-hybridized carbons (Fsp3) is 0.688. The Bertz CT molecular complexity index is 1080. The maximum Gasteiger partial charge on any atom is 0.263 e. The highest BCUT2D eigenvalue weighted by atomic mass is 32.2. The highest BCUT2D eigenvalue weighted by molar-refractivity contribution is 7.99. The molecule has 5 rings (SSSR count). The van der Waals surface area contributed by atoms with Gasteiger partial charge in [-0.15, -0.1) is 11.8 Å². The van der Waals surface area contributed by atoms with E-state index in [2.05, 4.69) is 10.6 Å². The Balaban J connectivity index is 0.935. The van der Waals surface area contributed by atoms with Crippen LogP contribution in [0.1, 0.15) is 117 Å². The number of thioether (sulfide) groups is 1. The van der Waals surface area contributed by atoms with E-state index < -0.39 is 23.8 Å². The minimum atomic E-state index is -0.922. The summed E-state index contributed by atoms with van der Waals surface area (Å²) in [7, 11) is 0. The van der Waals surface area contributed by atoms with Crippen molar-refractivity contribution in [2.75, 3.05) is 18.8 Å². The molecule has 40 heavy (non-hydrogen) atoms. The Labute approximate surface area is 243 Å². The zero-order chi connectivity index (χ0) is 27.9. The predicted molar refractivity (Wildman–Crippen MR) is 157 cm³/mol. The van der Waals surface area contributed by atoms with E-state index in [1.807, 2.05) is 6.07 Å². The number of unbranched alkanes of at least 4 members (excludes halogenated alkanes) is 5. The smallest absolute Gasteiger partial charge is 0.263 e. The number of fused-ring (bicyclic) bond motifs is 3. The van der Waals surface area contributed by atoms with E-state index in [1.165, 1.54) is 77.2 Å². The Morgan fingerprint density at radius 2 is 1.60 bits per heavy atom. The molecule has 0 radical (unpaired) electrons. The first-order valence-electron chi connectivity index (χ1n) is 15.7. The number of nitrogens with one attached hydrogen (secondary N) is 2. The fourth-order valence-corrected chi connectivity index (χ4v) is 8.47. The second-order valence-electron chi connectivity index (χ2n) is 12.4. The van der Waals surface area contributed by atoms with E-state index in [-0.39, 0.29) is 18.7 Å². The number of amides is 4. The standard InChI is InChI=1S/C32H45N3O4S/c36-28-14-13-26(30(37)34-28)35-31(38)25-11-8-12-27(29(25)32(35)39)40-18-6-4-2-1-3-5-16-33-17-15-24-20-22-9-7-10-23(19-22)21-24/h8,11-12,22-24,26,33H,1-7,9-10,13-21H2,(H,34,36,37). The van der Waals surface area contributed by atoms with Crippen LogP contribution >= 0.6 is 11.8 Å². The summed E-state index contributed by atoms with van der Waals surface area (Å²) in [5.41, 5.74) is 0.760. The first-order chi connectivity index (χ1) is 19.5. The van der Waals surface area contributed by atoms with E-state index in [4.69, 9.17) is 0 Å². The van der Waals surface area contributed by atoms with Crippen molar-refractivity contribution < 1.29 is 19.2 Å². The van der Waals surface area contributed by atoms with Crippen LogP contribution in [0.2, 0.25) is 0 Å². The van der Waals surface area contributed by atoms with Crippen LogP contribution in [0, 0.1) is 17.8 Å². The van der Waals surface area contributed by atoms with Crippen molar-refractivity contribution in [1.29, 1.82) is 0 Å². The van der Waals surface area contributed by atoms with Gasteiger partial charge in [-0.05, 0) is 93.7 Å². The molecule has 3 fully saturated rings. The molecule has 3 atom stereocenters. The molecule has 3 unspecified atom stereocenters. The molecule has 2 bridgehead atoms. The molecule has 1 aromatic rings. The van der Waals surface area contributed by atoms with Gasteiger partial charge in [0, 0.05) is 11.3 Å². The van der Waals surface area contributed by atoms with Crippen LogP contribution in [-0.4, -0.2) is 53.4 Å². The van der Waals surface area contributed by atoms with Crippen LogP contribution in [0.5, 0.6) is 0 Å². The Hall–Kier alpha value is -2.19. The van der Waals surface area contributed by atoms with E-state index in [9.17, 15) is 19.2 Å². The molecule has 2 heterocycles. The van der Waals surface area contributed by atoms with Crippen LogP contribution in [-0.2, 0) is 9.59 Å². The summed E-state index contributed by atoms with van der Waals surface area (Å²) >= 11 is 1.61. The lowest BCUT2D eigenvalue weighted by molar-refractivity contribution is -0.136. The van der Waals surface area contributed by atoms with Gasteiger partial charge in [0.15, 0.2) is 0 Å². The number of hydrogen-bond acceptors (Lipinski definition) is 6. The van der Waals surface area contributed by atoms with Crippen molar-refractivity contribution in [3.8, 4) is 0 Å². The first kappa shape index (κ1) is 29.3. The van der Waals surface area contributed by atoms with Crippen LogP contribution in [0.25, 0.3) is 0 Å². The lowest BCUT2D eigenvalue weighted by Gasteiger charge is -2.39. The summed E-state index contributed by atoms with van der Waals surface area (Å²) in [5.74, 6) is 2.12. The van der Waals surface area contributed by atoms with Crippen LogP contribution < -0.4 is 10.6 Å². The van der Waals surface area contributed by atoms with Crippen LogP contribution in [0.15, 0.2) is 23.1 Å². The van der Waals surface area contributed by atoms with Gasteiger partial charge in [-0.2, -0.15) is 0 Å². The van der Waals surface area contributed by atoms with E-state index in [1.54, 1.807) is 23.9 Å². The summed E-state index contributed by atoms with van der Waals surface area (Å²) in [6.07, 6.45) is 17.8. The average Bonchev–Trinajstić information content (AvgIpc) is 3.19. The van der Waals surface area contributed by atoms with Gasteiger partial charge in [0.25, 0.3) is 11.8 Å². The minimum Gasteiger partial charge on any atom is -0.317 e. The number of carbonyl (C=O) groups excluding carboxylic acids is 4. The molecule has 2 aliphatic carbocycles. The summed E-state index contributed by atoms with van der Waals surface area (Å²) in [6, 6.07) is 4.42. The fourth-order valence-electron chi connectivity index (χ4n) is 7.38. The molecule has 218 valence electrons. The zero-order valence-electron chi connectivity index (χ0n) is 23.8. The lowest BCUT2D eigenvalue weighted by Crippen LogP contribution is -2.54. The molecule has 1 aromatic carbocycles. The van der Waals surface area contributed by atoms with Gasteiger partial charge in [0.2, 0.25) is 11.8 Å². The van der Waals surface area contributed by atoms with Gasteiger partial charge >= 0.3 is 0 Å². The summed E-state index contributed by atoms with van der Waals surface area (Å²) in [6.45, 7) is 2.32. The van der Waals surface area contributed by atoms with Gasteiger partial charge in [-0.25, -0.2) is 0 Å². The number of rotatable bonds is 14. The number of piperidine rings is 1. The molecule has 0 spiro atoms. The van der Waals surface area contributed by atoms with Gasteiger partial charge < -0.3 is 5.32 Å². The minimum absolute atomic E-state index is 0.128. The third-order valence-corrected chi connectivity index (χ3v) is 10.5. The summed E-state index contributed by atoms with van der Waals surface area (Å²) in [4.78, 5) is 51.8. The third-order valence-electron chi connectivity index (χ3n) is 9.39. The molecule has 7 nitrogen and oxygen atoms in total. The molecule has 8 heteroatoms. The predicted octanol–water partition coefficient (Wildman–Crippen LogP) is 5.72. The molecule has 4 aliphatic rings. The SMILES string of the molecule is O=C1CCC(N2C(=O)c3cccc(SCCCCCCCCNCCC4CC5CCCC(C5)C4)c3C2=O)C(=O)N1. The molecule has 2 aliphatic heterocycles. The number of hydrogen-bond donors (Lipinski definition) is 2. The third kappa shape index (κ3) is 7.17. The molecule has 2 N–H and O–H groups in total. The zero-order valence-corrected chi connectivity index (χ0v) is 24.6. The van der Waals surface area contributed by atoms with E-state index in [0.29, 0.717) is 11.1 Å². The number of imide groups is 2. The van der Waals surface area contributed by atoms with Crippen molar-refractivity contribution in [3.05, 3.63) is 29.3 Å². The summed E-state index contributed by atoms with van der Waals surface area (Å²) < 4.78 is 0. The van der Waals surface area contributed by atoms with Crippen molar-refractivity contribution >= 4 is 35.4 Å². The summed E-state index contributed by atoms with van der Waals surface area (Å²) in [5, 5.41) is 5.94. The van der Waals surface area contributed by atoms with Crippen molar-refractivity contribution in [2.45, 2.75) is 107 Å². The van der Waals surface area contributed by atoms with Gasteiger partial charge in [0.1, 0.15) is 6.04 Å². The molecular formula is C32H45N3O4S. The lowest BCUT2D eigenvalue weighted by atomic mass is 9.67. The van der Waals surface area contributed by atoms with Crippen molar-refractivity contribution in [3.63, 3.8) is 0 Å². The van der Waals surface area contributed by atoms with Gasteiger partial charge in [-0.3, -0.25) is 29.4 Å². The molecule has 1 saturated heterocycles. The Kier molecular flexibility index (Phi) is 10.3. The maximum absolute atomic E-state index is 13.2. The second kappa shape index (κ2) is 14.1. The van der Waals surface area contributed by atoms with E-state index in [0.717, 1.165) is 52.7 Å². The number of benzene rings is 1. The maximum atomic E-state index is 13.2. The van der Waals surface area contributed by atoms with Crippen molar-refractivity contribution in [1.82, 2.24) is 15.5 Å². The molecule has 2 saturated carbocycles. The quantitative estimate of drug-likeness (QED) is 0.170. The monoisotopic (exact) mass is 567 g/mol. The van der Waals surface area contributed by atoms with Gasteiger partial charge in [0.05, 0.1) is 11.1 Å². The number of carbonyl (C=O) groups is 4. The highest BCUT2D eigenvalue weighted by Gasteiger charge is 2.45. The first-order valence-corrected chi connectivity index (χ1v) is 16.7. The molecule has 0 aromatic heterocycles. The topological polar surface area (TPSA) is 95.6 Å². The van der Waals surface area contributed by atoms with Crippen LogP contribution in [0.4, 0.5) is 0 Å². The van der Waals surface area contributed by atoms with Crippen LogP contribution in [0.3, 0.4) is 0 Å². The largest absolute Gasteiger partial charge is 0.317 e. The second-order valence-corrected chi connectivity index (χ2v) is 13.5. The van der Waals surface area contributed by atoms with Gasteiger partial charge in [-0.1, -0.05) is 51.0 Å². The highest BCUT2D eigenvalue weighted by Crippen LogP contribution is 2.43. The normalized spacial score (nSPS) is 26.2.